The number of fused-ring (bicyclic) bond motifs is 1. The van der Waals surface area contributed by atoms with Gasteiger partial charge in [-0.3, -0.25) is 0 Å². The molecule has 0 aromatic heterocycles. The first-order valence-electron chi connectivity index (χ1n) is 5.34. The molecule has 2 aromatic carbocycles. The molecule has 0 fully saturated rings. The van der Waals surface area contributed by atoms with Crippen molar-refractivity contribution in [2.45, 2.75) is 20.8 Å². The third kappa shape index (κ3) is 2.72. The van der Waals surface area contributed by atoms with Gasteiger partial charge in [-0.05, 0) is 29.8 Å². The van der Waals surface area contributed by atoms with Crippen LogP contribution in [0.2, 0.25) is 0 Å². The fraction of sp³-hybridized carbons (Fsp3) is 0.286. The molecule has 1 heteroatoms. The summed E-state index contributed by atoms with van der Waals surface area (Å²) in [5.41, 5.74) is 1.28. The molecule has 0 N–H and O–H groups in total. The number of hydrogen-bond donors (Lipinski definition) is 0. The predicted octanol–water partition coefficient (Wildman–Crippen LogP) is 4.18. The van der Waals surface area contributed by atoms with E-state index in [0.717, 1.165) is 5.75 Å². The molecule has 0 aliphatic heterocycles. The number of aryl methyl sites for hydroxylation is 1. The van der Waals surface area contributed by atoms with Crippen LogP contribution in [-0.2, 0) is 0 Å². The van der Waals surface area contributed by atoms with Crippen molar-refractivity contribution in [1.29, 1.82) is 0 Å². The van der Waals surface area contributed by atoms with E-state index in [0.29, 0.717) is 0 Å². The second-order valence-electron chi connectivity index (χ2n) is 3.22. The summed E-state index contributed by atoms with van der Waals surface area (Å²) in [7, 11) is 1.69. The highest BCUT2D eigenvalue weighted by Crippen LogP contribution is 2.21. The van der Waals surface area contributed by atoms with E-state index < -0.39 is 0 Å². The summed E-state index contributed by atoms with van der Waals surface area (Å²) in [6.07, 6.45) is 0. The minimum atomic E-state index is 0.915. The van der Waals surface area contributed by atoms with Crippen LogP contribution in [0.25, 0.3) is 10.8 Å². The summed E-state index contributed by atoms with van der Waals surface area (Å²) < 4.78 is 5.16. The van der Waals surface area contributed by atoms with Gasteiger partial charge in [-0.1, -0.05) is 43.7 Å². The summed E-state index contributed by atoms with van der Waals surface area (Å²) >= 11 is 0. The van der Waals surface area contributed by atoms with Crippen molar-refractivity contribution in [1.82, 2.24) is 0 Å². The van der Waals surface area contributed by atoms with Crippen LogP contribution in [0.5, 0.6) is 5.75 Å². The fourth-order valence-electron chi connectivity index (χ4n) is 1.47. The van der Waals surface area contributed by atoms with Gasteiger partial charge in [0.25, 0.3) is 0 Å². The molecule has 0 heterocycles. The Morgan fingerprint density at radius 1 is 0.867 bits per heavy atom. The molecular formula is C14H18O. The van der Waals surface area contributed by atoms with Crippen molar-refractivity contribution < 1.29 is 4.74 Å². The molecule has 0 saturated carbocycles. The van der Waals surface area contributed by atoms with Crippen molar-refractivity contribution in [3.05, 3.63) is 42.0 Å². The lowest BCUT2D eigenvalue weighted by molar-refractivity contribution is 0.415. The molecule has 15 heavy (non-hydrogen) atoms. The van der Waals surface area contributed by atoms with Crippen LogP contribution in [0.15, 0.2) is 36.4 Å². The summed E-state index contributed by atoms with van der Waals surface area (Å²) in [5.74, 6) is 0.915. The van der Waals surface area contributed by atoms with Crippen LogP contribution in [0.1, 0.15) is 19.4 Å². The maximum Gasteiger partial charge on any atom is 0.119 e. The van der Waals surface area contributed by atoms with E-state index in [4.69, 9.17) is 4.74 Å². The van der Waals surface area contributed by atoms with Crippen molar-refractivity contribution in [2.24, 2.45) is 0 Å². The molecule has 0 spiro atoms. The van der Waals surface area contributed by atoms with Gasteiger partial charge < -0.3 is 4.74 Å². The van der Waals surface area contributed by atoms with Gasteiger partial charge in [0, 0.05) is 0 Å². The van der Waals surface area contributed by atoms with Crippen molar-refractivity contribution in [3.8, 4) is 5.75 Å². The average Bonchev–Trinajstić information content (AvgIpc) is 2.30. The van der Waals surface area contributed by atoms with Crippen LogP contribution in [-0.4, -0.2) is 7.11 Å². The third-order valence-corrected chi connectivity index (χ3v) is 2.20. The molecule has 0 unspecified atom stereocenters. The number of hydrogen-bond acceptors (Lipinski definition) is 1. The first-order chi connectivity index (χ1) is 7.29. The maximum absolute atomic E-state index is 5.16. The maximum atomic E-state index is 5.16. The van der Waals surface area contributed by atoms with Gasteiger partial charge in [-0.25, -0.2) is 0 Å². The average molecular weight is 202 g/mol. The number of rotatable bonds is 1. The van der Waals surface area contributed by atoms with Gasteiger partial charge in [0.2, 0.25) is 0 Å². The summed E-state index contributed by atoms with van der Waals surface area (Å²) in [5, 5.41) is 2.49. The van der Waals surface area contributed by atoms with Crippen LogP contribution < -0.4 is 4.74 Å². The quantitative estimate of drug-likeness (QED) is 0.674. The minimum absolute atomic E-state index is 0.915. The largest absolute Gasteiger partial charge is 0.497 e. The van der Waals surface area contributed by atoms with E-state index in [9.17, 15) is 0 Å². The number of benzene rings is 2. The van der Waals surface area contributed by atoms with Gasteiger partial charge in [0.15, 0.2) is 0 Å². The molecule has 0 saturated heterocycles. The summed E-state index contributed by atoms with van der Waals surface area (Å²) in [4.78, 5) is 0. The zero-order valence-electron chi connectivity index (χ0n) is 9.87. The first-order valence-corrected chi connectivity index (χ1v) is 5.34. The monoisotopic (exact) mass is 202 g/mol. The highest BCUT2D eigenvalue weighted by molar-refractivity contribution is 5.84. The Bertz CT molecular complexity index is 432. The predicted molar refractivity (Wildman–Crippen MR) is 66.6 cm³/mol. The van der Waals surface area contributed by atoms with E-state index in [-0.39, 0.29) is 0 Å². The van der Waals surface area contributed by atoms with Gasteiger partial charge in [0.1, 0.15) is 5.75 Å². The standard InChI is InChI=1S/C12H12O.C2H6/c1-9-3-4-10-5-6-12(13-2)8-11(10)7-9;1-2/h3-8H,1-2H3;1-2H3. The smallest absolute Gasteiger partial charge is 0.119 e. The van der Waals surface area contributed by atoms with Crippen LogP contribution >= 0.6 is 0 Å². The molecule has 2 aromatic rings. The van der Waals surface area contributed by atoms with E-state index in [1.807, 2.05) is 19.9 Å². The lowest BCUT2D eigenvalue weighted by Crippen LogP contribution is -1.82. The van der Waals surface area contributed by atoms with Gasteiger partial charge >= 0.3 is 0 Å². The molecule has 1 nitrogen and oxygen atoms in total. The van der Waals surface area contributed by atoms with Crippen molar-refractivity contribution in [3.63, 3.8) is 0 Å². The highest BCUT2D eigenvalue weighted by atomic mass is 16.5. The SMILES string of the molecule is CC.COc1ccc2ccc(C)cc2c1. The number of ether oxygens (including phenoxy) is 1. The zero-order chi connectivity index (χ0) is 11.3. The molecule has 0 aliphatic rings. The lowest BCUT2D eigenvalue weighted by Gasteiger charge is -2.02. The van der Waals surface area contributed by atoms with Gasteiger partial charge in [-0.2, -0.15) is 0 Å². The number of methoxy groups -OCH3 is 1. The molecule has 2 rings (SSSR count). The van der Waals surface area contributed by atoms with Crippen molar-refractivity contribution in [2.75, 3.05) is 7.11 Å². The van der Waals surface area contributed by atoms with Crippen LogP contribution in [0.4, 0.5) is 0 Å². The minimum Gasteiger partial charge on any atom is -0.497 e. The Balaban J connectivity index is 0.000000531. The molecular weight excluding hydrogens is 184 g/mol. The fourth-order valence-corrected chi connectivity index (χ4v) is 1.47. The molecule has 0 radical (unpaired) electrons. The zero-order valence-corrected chi connectivity index (χ0v) is 9.87. The van der Waals surface area contributed by atoms with Gasteiger partial charge in [-0.15, -0.1) is 0 Å². The Morgan fingerprint density at radius 2 is 1.53 bits per heavy atom. The Labute approximate surface area is 91.7 Å². The molecule has 80 valence electrons. The van der Waals surface area contributed by atoms with Crippen LogP contribution in [0.3, 0.4) is 0 Å². The Morgan fingerprint density at radius 3 is 2.20 bits per heavy atom. The molecule has 0 atom stereocenters. The Kier molecular flexibility index (Phi) is 4.17. The summed E-state index contributed by atoms with van der Waals surface area (Å²) in [6.45, 7) is 6.10. The molecule has 0 bridgehead atoms. The second kappa shape index (κ2) is 5.40. The van der Waals surface area contributed by atoms with Gasteiger partial charge in [0.05, 0.1) is 7.11 Å². The molecule has 0 amide bonds. The van der Waals surface area contributed by atoms with E-state index >= 15 is 0 Å². The van der Waals surface area contributed by atoms with E-state index in [1.165, 1.54) is 16.3 Å². The van der Waals surface area contributed by atoms with Crippen LogP contribution in [0, 0.1) is 6.92 Å². The van der Waals surface area contributed by atoms with E-state index in [2.05, 4.69) is 37.3 Å². The van der Waals surface area contributed by atoms with E-state index in [1.54, 1.807) is 7.11 Å². The first kappa shape index (κ1) is 11.6. The highest BCUT2D eigenvalue weighted by Gasteiger charge is 1.95. The topological polar surface area (TPSA) is 9.23 Å². The second-order valence-corrected chi connectivity index (χ2v) is 3.22. The summed E-state index contributed by atoms with van der Waals surface area (Å²) in [6, 6.07) is 12.5. The normalized spacial score (nSPS) is 9.33. The molecule has 0 aliphatic carbocycles. The Hall–Kier alpha value is -1.50. The third-order valence-electron chi connectivity index (χ3n) is 2.20. The lowest BCUT2D eigenvalue weighted by atomic mass is 10.1. The van der Waals surface area contributed by atoms with Crippen molar-refractivity contribution >= 4 is 10.8 Å².